The Balaban J connectivity index is 2.18. The molecule has 1 atom stereocenters. The fraction of sp³-hybridized carbons (Fsp3) is 0.125. The number of hydrogen-bond donors (Lipinski definition) is 2. The molecule has 0 aromatic heterocycles. The van der Waals surface area contributed by atoms with E-state index in [1.54, 1.807) is 48.5 Å². The largest absolute Gasteiger partial charge is 0.480 e. The molecule has 0 fully saturated rings. The summed E-state index contributed by atoms with van der Waals surface area (Å²) >= 11 is 0. The molecule has 0 aliphatic rings. The van der Waals surface area contributed by atoms with Crippen LogP contribution in [0.5, 0.6) is 0 Å². The van der Waals surface area contributed by atoms with Crippen LogP contribution in [0.4, 0.5) is 0 Å². The molecule has 2 aromatic carbocycles. The Morgan fingerprint density at radius 3 is 2.40 bits per heavy atom. The summed E-state index contributed by atoms with van der Waals surface area (Å²) in [5, 5.41) is 8.77. The second kappa shape index (κ2) is 6.12. The Morgan fingerprint density at radius 2 is 1.80 bits per heavy atom. The number of hydrogen-bond acceptors (Lipinski definition) is 3. The van der Waals surface area contributed by atoms with E-state index in [1.807, 2.05) is 0 Å². The first-order valence-electron chi connectivity index (χ1n) is 6.66. The van der Waals surface area contributed by atoms with Gasteiger partial charge in [0.2, 0.25) is 0 Å². The molecule has 0 saturated heterocycles. The maximum Gasteiger partial charge on any atom is 0.320 e. The fourth-order valence-corrected chi connectivity index (χ4v) is 1.82. The molecule has 0 heterocycles. The van der Waals surface area contributed by atoms with Crippen LogP contribution in [0.1, 0.15) is 22.9 Å². The highest BCUT2D eigenvalue weighted by molar-refractivity contribution is 6.08. The average Bonchev–Trinajstić information content (AvgIpc) is 2.47. The molecule has 0 amide bonds. The molecule has 0 aliphatic carbocycles. The highest BCUT2D eigenvalue weighted by Gasteiger charge is 2.13. The van der Waals surface area contributed by atoms with Crippen LogP contribution in [-0.2, 0) is 11.2 Å². The van der Waals surface area contributed by atoms with E-state index < -0.39 is 12.0 Å². The standard InChI is InChI=1S/C16H15NO3/c17-14(16(19)20)10-11-6-8-13(9-7-11)15(18)12-4-2-1-3-5-12/h1-9,14H,10,17H2,(H,19,20)/t14-/m0/s1/i4D. The van der Waals surface area contributed by atoms with Gasteiger partial charge in [-0.25, -0.2) is 0 Å². The van der Waals surface area contributed by atoms with E-state index in [2.05, 4.69) is 0 Å². The van der Waals surface area contributed by atoms with Crippen molar-refractivity contribution in [1.82, 2.24) is 0 Å². The van der Waals surface area contributed by atoms with E-state index >= 15 is 0 Å². The number of benzene rings is 2. The maximum absolute atomic E-state index is 12.3. The molecular weight excluding hydrogens is 254 g/mol. The highest BCUT2D eigenvalue weighted by Crippen LogP contribution is 2.12. The zero-order valence-corrected chi connectivity index (χ0v) is 10.7. The lowest BCUT2D eigenvalue weighted by Crippen LogP contribution is -2.32. The summed E-state index contributed by atoms with van der Waals surface area (Å²) in [5.74, 6) is -1.28. The minimum Gasteiger partial charge on any atom is -0.480 e. The lowest BCUT2D eigenvalue weighted by atomic mass is 10.00. The molecule has 0 spiro atoms. The van der Waals surface area contributed by atoms with Crippen LogP contribution in [0.15, 0.2) is 54.6 Å². The molecule has 0 saturated carbocycles. The summed E-state index contributed by atoms with van der Waals surface area (Å²) in [4.78, 5) is 23.0. The lowest BCUT2D eigenvalue weighted by Gasteiger charge is -2.07. The molecule has 0 radical (unpaired) electrons. The predicted octanol–water partition coefficient (Wildman–Crippen LogP) is 1.87. The third kappa shape index (κ3) is 3.30. The first-order chi connectivity index (χ1) is 9.99. The van der Waals surface area contributed by atoms with Crippen molar-refractivity contribution in [1.29, 1.82) is 0 Å². The minimum absolute atomic E-state index is 0.180. The van der Waals surface area contributed by atoms with E-state index in [4.69, 9.17) is 12.2 Å². The van der Waals surface area contributed by atoms with Crippen molar-refractivity contribution in [2.24, 2.45) is 5.73 Å². The van der Waals surface area contributed by atoms with Gasteiger partial charge in [0.1, 0.15) is 6.04 Å². The minimum atomic E-state index is -1.06. The number of aliphatic carboxylic acids is 1. The number of carbonyl (C=O) groups is 2. The van der Waals surface area contributed by atoms with Gasteiger partial charge in [-0.2, -0.15) is 0 Å². The second-order valence-corrected chi connectivity index (χ2v) is 4.45. The third-order valence-corrected chi connectivity index (χ3v) is 2.94. The van der Waals surface area contributed by atoms with Crippen LogP contribution in [0, 0.1) is 0 Å². The SMILES string of the molecule is [2H]c1ccccc1C(=O)c1ccc(C[C@H](N)C(=O)O)cc1. The number of ketones is 1. The van der Waals surface area contributed by atoms with Gasteiger partial charge >= 0.3 is 5.97 Å². The molecular formula is C16H15NO3. The molecule has 102 valence electrons. The zero-order valence-electron chi connectivity index (χ0n) is 11.7. The fourth-order valence-electron chi connectivity index (χ4n) is 1.82. The van der Waals surface area contributed by atoms with Crippen LogP contribution < -0.4 is 5.73 Å². The van der Waals surface area contributed by atoms with E-state index in [9.17, 15) is 9.59 Å². The summed E-state index contributed by atoms with van der Waals surface area (Å²) < 4.78 is 7.73. The van der Waals surface area contributed by atoms with E-state index in [-0.39, 0.29) is 18.2 Å². The Labute approximate surface area is 118 Å². The van der Waals surface area contributed by atoms with Gasteiger partial charge in [0.15, 0.2) is 5.78 Å². The molecule has 0 bridgehead atoms. The quantitative estimate of drug-likeness (QED) is 0.813. The van der Waals surface area contributed by atoms with Crippen LogP contribution in [0.25, 0.3) is 0 Å². The van der Waals surface area contributed by atoms with Crippen LogP contribution in [0.3, 0.4) is 0 Å². The van der Waals surface area contributed by atoms with Crippen LogP contribution in [-0.4, -0.2) is 22.9 Å². The Morgan fingerprint density at radius 1 is 1.10 bits per heavy atom. The van der Waals surface area contributed by atoms with Gasteiger partial charge in [0, 0.05) is 11.1 Å². The second-order valence-electron chi connectivity index (χ2n) is 4.45. The average molecular weight is 270 g/mol. The van der Waals surface area contributed by atoms with Crippen LogP contribution in [0.2, 0.25) is 0 Å². The van der Waals surface area contributed by atoms with Gasteiger partial charge in [-0.15, -0.1) is 0 Å². The van der Waals surface area contributed by atoms with Crippen molar-refractivity contribution < 1.29 is 16.1 Å². The van der Waals surface area contributed by atoms with E-state index in [0.29, 0.717) is 11.1 Å². The molecule has 2 rings (SSSR count). The molecule has 4 heteroatoms. The summed E-state index contributed by atoms with van der Waals surface area (Å²) in [6.45, 7) is 0. The summed E-state index contributed by atoms with van der Waals surface area (Å²) in [5.41, 5.74) is 7.02. The van der Waals surface area contributed by atoms with Gasteiger partial charge in [-0.05, 0) is 12.0 Å². The Hall–Kier alpha value is -2.46. The smallest absolute Gasteiger partial charge is 0.320 e. The van der Waals surface area contributed by atoms with Crippen LogP contribution >= 0.6 is 0 Å². The molecule has 20 heavy (non-hydrogen) atoms. The number of carboxylic acid groups (broad SMARTS) is 1. The summed E-state index contributed by atoms with van der Waals surface area (Å²) in [7, 11) is 0. The number of carbonyl (C=O) groups excluding carboxylic acids is 1. The van der Waals surface area contributed by atoms with Gasteiger partial charge in [-0.1, -0.05) is 54.6 Å². The van der Waals surface area contributed by atoms with Crippen molar-refractivity contribution in [2.45, 2.75) is 12.5 Å². The van der Waals surface area contributed by atoms with Crippen molar-refractivity contribution in [3.63, 3.8) is 0 Å². The topological polar surface area (TPSA) is 80.4 Å². The monoisotopic (exact) mass is 270 g/mol. The summed E-state index contributed by atoms with van der Waals surface area (Å²) in [6.07, 6.45) is 0.207. The van der Waals surface area contributed by atoms with Crippen molar-refractivity contribution in [2.75, 3.05) is 0 Å². The normalized spacial score (nSPS) is 12.6. The summed E-state index contributed by atoms with van der Waals surface area (Å²) in [6, 6.07) is 12.4. The zero-order chi connectivity index (χ0) is 15.4. The Kier molecular flexibility index (Phi) is 3.85. The first kappa shape index (κ1) is 12.6. The molecule has 4 nitrogen and oxygen atoms in total. The van der Waals surface area contributed by atoms with Crippen molar-refractivity contribution in [3.8, 4) is 0 Å². The first-order valence-corrected chi connectivity index (χ1v) is 6.16. The molecule has 3 N–H and O–H groups in total. The number of carboxylic acids is 1. The molecule has 0 unspecified atom stereocenters. The molecule has 0 aliphatic heterocycles. The van der Waals surface area contributed by atoms with Gasteiger partial charge in [0.25, 0.3) is 0 Å². The van der Waals surface area contributed by atoms with Gasteiger partial charge in [-0.3, -0.25) is 9.59 Å². The van der Waals surface area contributed by atoms with Crippen molar-refractivity contribution >= 4 is 11.8 Å². The Bertz CT molecular complexity index is 667. The van der Waals surface area contributed by atoms with Gasteiger partial charge in [0.05, 0.1) is 1.37 Å². The highest BCUT2D eigenvalue weighted by atomic mass is 16.4. The van der Waals surface area contributed by atoms with Crippen molar-refractivity contribution in [3.05, 3.63) is 71.3 Å². The lowest BCUT2D eigenvalue weighted by molar-refractivity contribution is -0.138. The maximum atomic E-state index is 12.3. The van der Waals surface area contributed by atoms with E-state index in [0.717, 1.165) is 5.56 Å². The van der Waals surface area contributed by atoms with E-state index in [1.165, 1.54) is 0 Å². The number of nitrogens with two attached hydrogens (primary N) is 1. The molecule has 2 aromatic rings. The third-order valence-electron chi connectivity index (χ3n) is 2.94. The van der Waals surface area contributed by atoms with Gasteiger partial charge < -0.3 is 10.8 Å². The number of rotatable bonds is 5. The predicted molar refractivity (Wildman–Crippen MR) is 75.6 cm³/mol.